The monoisotopic (exact) mass is 160 g/mol. The normalized spacial score (nSPS) is 24.3. The predicted octanol–water partition coefficient (Wildman–Crippen LogP) is 1.18. The molecule has 1 aliphatic heterocycles. The van der Waals surface area contributed by atoms with Crippen LogP contribution in [0, 0.1) is 0 Å². The minimum Gasteiger partial charge on any atom is -0.379 e. The third-order valence-corrected chi connectivity index (χ3v) is 1.62. The van der Waals surface area contributed by atoms with E-state index in [9.17, 15) is 0 Å². The van der Waals surface area contributed by atoms with Gasteiger partial charge in [-0.25, -0.2) is 0 Å². The first-order valence-electron chi connectivity index (χ1n) is 4.24. The molecule has 0 aromatic carbocycles. The highest BCUT2D eigenvalue weighted by Gasteiger charge is 2.14. The van der Waals surface area contributed by atoms with Crippen LogP contribution in [0.2, 0.25) is 0 Å². The Hall–Kier alpha value is -0.120. The van der Waals surface area contributed by atoms with Crippen LogP contribution in [0.15, 0.2) is 0 Å². The smallest absolute Gasteiger partial charge is 0.157 e. The van der Waals surface area contributed by atoms with Gasteiger partial charge in [-0.05, 0) is 13.3 Å². The highest BCUT2D eigenvalue weighted by molar-refractivity contribution is 4.53. The molecule has 0 amide bonds. The van der Waals surface area contributed by atoms with Gasteiger partial charge in [-0.1, -0.05) is 0 Å². The first-order valence-corrected chi connectivity index (χ1v) is 4.24. The molecule has 1 atom stereocenters. The fraction of sp³-hybridized carbons (Fsp3) is 1.00. The molecule has 1 aliphatic rings. The Balaban J connectivity index is 1.86. The standard InChI is InChI=1S/C8H16O3/c1-2-9-6-7-11-8-4-3-5-10-8/h8H,2-7H2,1H3. The third kappa shape index (κ3) is 3.70. The quantitative estimate of drug-likeness (QED) is 0.565. The third-order valence-electron chi connectivity index (χ3n) is 1.62. The van der Waals surface area contributed by atoms with E-state index in [2.05, 4.69) is 0 Å². The Morgan fingerprint density at radius 2 is 2.36 bits per heavy atom. The van der Waals surface area contributed by atoms with Crippen LogP contribution in [-0.2, 0) is 14.2 Å². The van der Waals surface area contributed by atoms with Crippen LogP contribution in [0.25, 0.3) is 0 Å². The molecule has 0 radical (unpaired) electrons. The van der Waals surface area contributed by atoms with Crippen LogP contribution in [0.4, 0.5) is 0 Å². The van der Waals surface area contributed by atoms with Gasteiger partial charge in [0.05, 0.1) is 13.2 Å². The van der Waals surface area contributed by atoms with Gasteiger partial charge in [-0.2, -0.15) is 0 Å². The molecule has 0 aromatic heterocycles. The van der Waals surface area contributed by atoms with E-state index in [0.717, 1.165) is 26.1 Å². The predicted molar refractivity (Wildman–Crippen MR) is 41.4 cm³/mol. The number of hydrogen-bond donors (Lipinski definition) is 0. The molecular formula is C8H16O3. The molecule has 66 valence electrons. The fourth-order valence-electron chi connectivity index (χ4n) is 1.06. The van der Waals surface area contributed by atoms with Gasteiger partial charge in [0.25, 0.3) is 0 Å². The molecule has 3 heteroatoms. The van der Waals surface area contributed by atoms with E-state index in [1.54, 1.807) is 0 Å². The molecule has 0 aromatic rings. The summed E-state index contributed by atoms with van der Waals surface area (Å²) in [7, 11) is 0. The van der Waals surface area contributed by atoms with E-state index in [-0.39, 0.29) is 6.29 Å². The molecule has 0 saturated carbocycles. The average Bonchev–Trinajstić information content (AvgIpc) is 2.50. The van der Waals surface area contributed by atoms with Crippen LogP contribution in [0.1, 0.15) is 19.8 Å². The SMILES string of the molecule is CCOCCOC1CCCO1. The minimum atomic E-state index is 0.0375. The topological polar surface area (TPSA) is 27.7 Å². The van der Waals surface area contributed by atoms with Crippen LogP contribution in [-0.4, -0.2) is 32.7 Å². The Labute approximate surface area is 67.6 Å². The Morgan fingerprint density at radius 1 is 1.45 bits per heavy atom. The summed E-state index contributed by atoms with van der Waals surface area (Å²) in [5, 5.41) is 0. The maximum atomic E-state index is 5.36. The summed E-state index contributed by atoms with van der Waals surface area (Å²) in [4.78, 5) is 0. The molecule has 0 spiro atoms. The van der Waals surface area contributed by atoms with Gasteiger partial charge in [0, 0.05) is 19.6 Å². The van der Waals surface area contributed by atoms with Gasteiger partial charge < -0.3 is 14.2 Å². The maximum Gasteiger partial charge on any atom is 0.157 e. The van der Waals surface area contributed by atoms with Crippen LogP contribution in [0.5, 0.6) is 0 Å². The summed E-state index contributed by atoms with van der Waals surface area (Å²) in [5.74, 6) is 0. The molecule has 1 unspecified atom stereocenters. The lowest BCUT2D eigenvalue weighted by Gasteiger charge is -2.09. The van der Waals surface area contributed by atoms with Crippen molar-refractivity contribution in [2.75, 3.05) is 26.4 Å². The average molecular weight is 160 g/mol. The second-order valence-corrected chi connectivity index (χ2v) is 2.51. The summed E-state index contributed by atoms with van der Waals surface area (Å²) >= 11 is 0. The first-order chi connectivity index (χ1) is 5.43. The summed E-state index contributed by atoms with van der Waals surface area (Å²) in [5.41, 5.74) is 0. The van der Waals surface area contributed by atoms with Crippen molar-refractivity contribution >= 4 is 0 Å². The van der Waals surface area contributed by atoms with Crippen molar-refractivity contribution in [3.63, 3.8) is 0 Å². The Bertz CT molecular complexity index is 89.3. The number of hydrogen-bond acceptors (Lipinski definition) is 3. The van der Waals surface area contributed by atoms with Gasteiger partial charge >= 0.3 is 0 Å². The largest absolute Gasteiger partial charge is 0.379 e. The zero-order valence-electron chi connectivity index (χ0n) is 7.04. The van der Waals surface area contributed by atoms with Crippen molar-refractivity contribution in [3.8, 4) is 0 Å². The molecule has 1 fully saturated rings. The summed E-state index contributed by atoms with van der Waals surface area (Å²) in [6, 6.07) is 0. The lowest BCUT2D eigenvalue weighted by atomic mass is 10.4. The summed E-state index contributed by atoms with van der Waals surface area (Å²) < 4.78 is 15.7. The molecule has 0 N–H and O–H groups in total. The van der Waals surface area contributed by atoms with Gasteiger partial charge in [-0.3, -0.25) is 0 Å². The summed E-state index contributed by atoms with van der Waals surface area (Å²) in [6.45, 7) is 4.91. The van der Waals surface area contributed by atoms with E-state index in [0.29, 0.717) is 13.2 Å². The molecule has 11 heavy (non-hydrogen) atoms. The van der Waals surface area contributed by atoms with E-state index in [4.69, 9.17) is 14.2 Å². The van der Waals surface area contributed by atoms with Crippen LogP contribution in [0.3, 0.4) is 0 Å². The fourth-order valence-corrected chi connectivity index (χ4v) is 1.06. The highest BCUT2D eigenvalue weighted by Crippen LogP contribution is 2.12. The van der Waals surface area contributed by atoms with Crippen molar-refractivity contribution in [1.82, 2.24) is 0 Å². The van der Waals surface area contributed by atoms with Crippen molar-refractivity contribution in [3.05, 3.63) is 0 Å². The van der Waals surface area contributed by atoms with Crippen molar-refractivity contribution in [2.45, 2.75) is 26.1 Å². The zero-order chi connectivity index (χ0) is 7.94. The molecule has 0 aliphatic carbocycles. The molecule has 1 saturated heterocycles. The molecule has 1 heterocycles. The van der Waals surface area contributed by atoms with Crippen molar-refractivity contribution in [2.24, 2.45) is 0 Å². The Morgan fingerprint density at radius 3 is 3.00 bits per heavy atom. The van der Waals surface area contributed by atoms with Gasteiger partial charge in [0.2, 0.25) is 0 Å². The van der Waals surface area contributed by atoms with E-state index in [1.807, 2.05) is 6.92 Å². The molecule has 3 nitrogen and oxygen atoms in total. The van der Waals surface area contributed by atoms with E-state index >= 15 is 0 Å². The summed E-state index contributed by atoms with van der Waals surface area (Å²) in [6.07, 6.45) is 2.20. The lowest BCUT2D eigenvalue weighted by molar-refractivity contribution is -0.121. The van der Waals surface area contributed by atoms with Crippen LogP contribution >= 0.6 is 0 Å². The second kappa shape index (κ2) is 5.52. The Kier molecular flexibility index (Phi) is 4.50. The maximum absolute atomic E-state index is 5.36. The molecule has 0 bridgehead atoms. The van der Waals surface area contributed by atoms with Gasteiger partial charge in [0.1, 0.15) is 0 Å². The van der Waals surface area contributed by atoms with Gasteiger partial charge in [-0.15, -0.1) is 0 Å². The zero-order valence-corrected chi connectivity index (χ0v) is 7.04. The van der Waals surface area contributed by atoms with Crippen LogP contribution < -0.4 is 0 Å². The number of rotatable bonds is 5. The van der Waals surface area contributed by atoms with Gasteiger partial charge in [0.15, 0.2) is 6.29 Å². The van der Waals surface area contributed by atoms with Crippen molar-refractivity contribution < 1.29 is 14.2 Å². The first kappa shape index (κ1) is 8.97. The minimum absolute atomic E-state index is 0.0375. The lowest BCUT2D eigenvalue weighted by Crippen LogP contribution is -2.14. The van der Waals surface area contributed by atoms with Crippen molar-refractivity contribution in [1.29, 1.82) is 0 Å². The number of ether oxygens (including phenoxy) is 3. The van der Waals surface area contributed by atoms with E-state index in [1.165, 1.54) is 0 Å². The molecular weight excluding hydrogens is 144 g/mol. The second-order valence-electron chi connectivity index (χ2n) is 2.51. The van der Waals surface area contributed by atoms with E-state index < -0.39 is 0 Å². The molecule has 1 rings (SSSR count). The highest BCUT2D eigenvalue weighted by atomic mass is 16.7.